The van der Waals surface area contributed by atoms with Crippen LogP contribution in [0.1, 0.15) is 53.6 Å². The normalized spacial score (nSPS) is 22.1. The molecule has 1 saturated carbocycles. The zero-order chi connectivity index (χ0) is 22.9. The van der Waals surface area contributed by atoms with Crippen LogP contribution in [-0.4, -0.2) is 40.4 Å². The molecule has 1 aliphatic heterocycles. The topological polar surface area (TPSA) is 61.8 Å². The summed E-state index contributed by atoms with van der Waals surface area (Å²) in [5.41, 5.74) is -2.07. The van der Waals surface area contributed by atoms with Crippen molar-refractivity contribution in [2.24, 2.45) is 4.99 Å². The third-order valence-corrected chi connectivity index (χ3v) is 6.02. The van der Waals surface area contributed by atoms with Gasteiger partial charge in [0.25, 0.3) is 11.8 Å². The van der Waals surface area contributed by atoms with E-state index in [2.05, 4.69) is 4.99 Å². The lowest BCUT2D eigenvalue weighted by atomic mass is 9.93. The van der Waals surface area contributed by atoms with Crippen LogP contribution < -0.4 is 5.32 Å². The maximum Gasteiger partial charge on any atom is 0.442 e. The molecule has 8 heteroatoms. The van der Waals surface area contributed by atoms with Crippen LogP contribution in [0.5, 0.6) is 0 Å². The Morgan fingerprint density at radius 2 is 1.66 bits per heavy atom. The second-order valence-corrected chi connectivity index (χ2v) is 8.30. The lowest BCUT2D eigenvalue weighted by molar-refractivity contribution is -0.197. The number of halogens is 3. The summed E-state index contributed by atoms with van der Waals surface area (Å²) in [6.45, 7) is 1.80. The molecule has 1 fully saturated rings. The van der Waals surface area contributed by atoms with E-state index in [9.17, 15) is 22.8 Å². The van der Waals surface area contributed by atoms with Crippen molar-refractivity contribution in [2.45, 2.75) is 56.9 Å². The molecule has 0 bridgehead atoms. The number of carbonyl (C=O) groups excluding carboxylic acids is 2. The van der Waals surface area contributed by atoms with E-state index in [-0.39, 0.29) is 11.4 Å². The van der Waals surface area contributed by atoms with Crippen LogP contribution in [0.2, 0.25) is 0 Å². The second kappa shape index (κ2) is 8.41. The first kappa shape index (κ1) is 22.0. The Morgan fingerprint density at radius 3 is 2.25 bits per heavy atom. The van der Waals surface area contributed by atoms with Gasteiger partial charge in [0.2, 0.25) is 0 Å². The SMILES string of the molecule is Cc1ccc(C(=O)N[C@@]2(C(F)(F)F)N=C(c3ccccc3)N(C3CCCCC3)C2=O)cc1. The number of aryl methyl sites for hydroxylation is 1. The predicted octanol–water partition coefficient (Wildman–Crippen LogP) is 4.61. The number of hydrogen-bond donors (Lipinski definition) is 1. The molecular formula is C24H24F3N3O2. The Kier molecular flexibility index (Phi) is 5.79. The first-order valence-electron chi connectivity index (χ1n) is 10.7. The summed E-state index contributed by atoms with van der Waals surface area (Å²) in [5.74, 6) is -2.31. The van der Waals surface area contributed by atoms with Crippen LogP contribution in [0.3, 0.4) is 0 Å². The highest BCUT2D eigenvalue weighted by molar-refractivity contribution is 6.17. The molecule has 4 rings (SSSR count). The van der Waals surface area contributed by atoms with Crippen LogP contribution in [0.15, 0.2) is 59.6 Å². The molecule has 1 heterocycles. The maximum atomic E-state index is 14.5. The summed E-state index contributed by atoms with van der Waals surface area (Å²) < 4.78 is 43.4. The summed E-state index contributed by atoms with van der Waals surface area (Å²) in [6.07, 6.45) is -1.30. The highest BCUT2D eigenvalue weighted by Crippen LogP contribution is 2.41. The van der Waals surface area contributed by atoms with Crippen molar-refractivity contribution >= 4 is 17.6 Å². The van der Waals surface area contributed by atoms with Gasteiger partial charge in [-0.05, 0) is 31.9 Å². The van der Waals surface area contributed by atoms with Crippen LogP contribution in [0.25, 0.3) is 0 Å². The molecular weight excluding hydrogens is 419 g/mol. The molecule has 32 heavy (non-hydrogen) atoms. The number of hydrogen-bond acceptors (Lipinski definition) is 3. The van der Waals surface area contributed by atoms with Gasteiger partial charge in [0, 0.05) is 17.2 Å². The summed E-state index contributed by atoms with van der Waals surface area (Å²) in [6, 6.07) is 14.0. The van der Waals surface area contributed by atoms with E-state index >= 15 is 0 Å². The van der Waals surface area contributed by atoms with Crippen molar-refractivity contribution in [3.63, 3.8) is 0 Å². The molecule has 1 atom stereocenters. The van der Waals surface area contributed by atoms with E-state index in [1.54, 1.807) is 49.4 Å². The predicted molar refractivity (Wildman–Crippen MR) is 114 cm³/mol. The molecule has 5 nitrogen and oxygen atoms in total. The van der Waals surface area contributed by atoms with E-state index in [1.807, 2.05) is 5.32 Å². The summed E-state index contributed by atoms with van der Waals surface area (Å²) in [7, 11) is 0. The number of nitrogens with zero attached hydrogens (tertiary/aromatic N) is 2. The van der Waals surface area contributed by atoms with Gasteiger partial charge >= 0.3 is 11.8 Å². The standard InChI is InChI=1S/C24H24F3N3O2/c1-16-12-14-18(15-13-16)21(31)29-23(24(25,26)27)22(32)30(19-10-6-3-7-11-19)20(28-23)17-8-4-2-5-9-17/h2,4-5,8-9,12-15,19H,3,6-7,10-11H2,1H3,(H,29,31)/t23-/m0/s1. The van der Waals surface area contributed by atoms with Gasteiger partial charge in [0.1, 0.15) is 5.84 Å². The Labute approximate surface area is 184 Å². The van der Waals surface area contributed by atoms with Gasteiger partial charge in [-0.1, -0.05) is 67.3 Å². The first-order valence-corrected chi connectivity index (χ1v) is 10.7. The largest absolute Gasteiger partial charge is 0.442 e. The molecule has 0 aromatic heterocycles. The number of amides is 2. The van der Waals surface area contributed by atoms with E-state index in [1.165, 1.54) is 12.1 Å². The van der Waals surface area contributed by atoms with Crippen LogP contribution in [0.4, 0.5) is 13.2 Å². The number of aliphatic imine (C=N–C) groups is 1. The fourth-order valence-corrected chi connectivity index (χ4v) is 4.28. The Bertz CT molecular complexity index is 1030. The van der Waals surface area contributed by atoms with Crippen molar-refractivity contribution in [1.29, 1.82) is 0 Å². The quantitative estimate of drug-likeness (QED) is 0.751. The summed E-state index contributed by atoms with van der Waals surface area (Å²) in [5, 5.41) is 1.94. The highest BCUT2D eigenvalue weighted by atomic mass is 19.4. The summed E-state index contributed by atoms with van der Waals surface area (Å²) in [4.78, 5) is 31.3. The second-order valence-electron chi connectivity index (χ2n) is 8.30. The number of carbonyl (C=O) groups is 2. The number of nitrogens with one attached hydrogen (secondary N) is 1. The van der Waals surface area contributed by atoms with Gasteiger partial charge in [-0.2, -0.15) is 13.2 Å². The lowest BCUT2D eigenvalue weighted by Crippen LogP contribution is -2.64. The van der Waals surface area contributed by atoms with Gasteiger partial charge in [-0.3, -0.25) is 14.5 Å². The maximum absolute atomic E-state index is 14.5. The van der Waals surface area contributed by atoms with Crippen LogP contribution >= 0.6 is 0 Å². The molecule has 2 aromatic carbocycles. The third kappa shape index (κ3) is 3.89. The van der Waals surface area contributed by atoms with E-state index in [0.29, 0.717) is 18.4 Å². The number of benzene rings is 2. The van der Waals surface area contributed by atoms with Gasteiger partial charge in [0.05, 0.1) is 0 Å². The highest BCUT2D eigenvalue weighted by Gasteiger charge is 2.67. The molecule has 0 unspecified atom stereocenters. The van der Waals surface area contributed by atoms with Gasteiger partial charge in [-0.25, -0.2) is 4.99 Å². The molecule has 0 spiro atoms. The van der Waals surface area contributed by atoms with Gasteiger partial charge in [-0.15, -0.1) is 0 Å². The van der Waals surface area contributed by atoms with Gasteiger partial charge < -0.3 is 5.32 Å². The van der Waals surface area contributed by atoms with Crippen LogP contribution in [0, 0.1) is 6.92 Å². The number of rotatable bonds is 4. The van der Waals surface area contributed by atoms with Crippen molar-refractivity contribution in [3.8, 4) is 0 Å². The zero-order valence-electron chi connectivity index (χ0n) is 17.7. The lowest BCUT2D eigenvalue weighted by Gasteiger charge is -2.34. The molecule has 1 N–H and O–H groups in total. The van der Waals surface area contributed by atoms with E-state index < -0.39 is 29.7 Å². The fourth-order valence-electron chi connectivity index (χ4n) is 4.28. The van der Waals surface area contributed by atoms with Crippen molar-refractivity contribution in [1.82, 2.24) is 10.2 Å². The molecule has 2 aliphatic rings. The first-order chi connectivity index (χ1) is 15.2. The molecule has 0 radical (unpaired) electrons. The average Bonchev–Trinajstić information content (AvgIpc) is 3.08. The molecule has 2 aromatic rings. The minimum absolute atomic E-state index is 0.0274. The molecule has 1 aliphatic carbocycles. The minimum atomic E-state index is -5.12. The number of alkyl halides is 3. The Morgan fingerprint density at radius 1 is 1.03 bits per heavy atom. The Balaban J connectivity index is 1.79. The Hall–Kier alpha value is -3.16. The van der Waals surface area contributed by atoms with Gasteiger partial charge in [0.15, 0.2) is 0 Å². The smallest absolute Gasteiger partial charge is 0.312 e. The monoisotopic (exact) mass is 443 g/mol. The molecule has 168 valence electrons. The van der Waals surface area contributed by atoms with E-state index in [0.717, 1.165) is 29.7 Å². The van der Waals surface area contributed by atoms with Crippen molar-refractivity contribution in [3.05, 3.63) is 71.3 Å². The zero-order valence-corrected chi connectivity index (χ0v) is 17.7. The minimum Gasteiger partial charge on any atom is -0.312 e. The van der Waals surface area contributed by atoms with Crippen molar-refractivity contribution in [2.75, 3.05) is 0 Å². The van der Waals surface area contributed by atoms with E-state index in [4.69, 9.17) is 0 Å². The number of amidine groups is 1. The van der Waals surface area contributed by atoms with Crippen LogP contribution in [-0.2, 0) is 4.79 Å². The fraction of sp³-hybridized carbons (Fsp3) is 0.375. The third-order valence-electron chi connectivity index (χ3n) is 6.02. The average molecular weight is 443 g/mol. The molecule has 2 amide bonds. The summed E-state index contributed by atoms with van der Waals surface area (Å²) >= 11 is 0. The molecule has 0 saturated heterocycles. The van der Waals surface area contributed by atoms with Crippen molar-refractivity contribution < 1.29 is 22.8 Å².